The molecule has 1 atom stereocenters. The molecule has 1 unspecified atom stereocenters. The Hall–Kier alpha value is -1.62. The van der Waals surface area contributed by atoms with Gasteiger partial charge in [-0.2, -0.15) is 0 Å². The van der Waals surface area contributed by atoms with Crippen LogP contribution in [-0.4, -0.2) is 29.6 Å². The molecule has 0 radical (unpaired) electrons. The summed E-state index contributed by atoms with van der Waals surface area (Å²) in [5.74, 6) is 0.783. The van der Waals surface area contributed by atoms with Gasteiger partial charge in [-0.15, -0.1) is 0 Å². The Morgan fingerprint density at radius 3 is 2.65 bits per heavy atom. The molecule has 5 heteroatoms. The van der Waals surface area contributed by atoms with Gasteiger partial charge in [-0.05, 0) is 34.5 Å². The van der Waals surface area contributed by atoms with E-state index >= 15 is 0 Å². The van der Waals surface area contributed by atoms with Crippen molar-refractivity contribution in [2.45, 2.75) is 19.5 Å². The third kappa shape index (κ3) is 2.50. The molecule has 2 heterocycles. The molecule has 0 spiro atoms. The van der Waals surface area contributed by atoms with Crippen LogP contribution in [0.3, 0.4) is 0 Å². The number of hydrogen-bond donors (Lipinski definition) is 0. The van der Waals surface area contributed by atoms with Crippen LogP contribution in [-0.2, 0) is 6.54 Å². The van der Waals surface area contributed by atoms with Crippen molar-refractivity contribution >= 4 is 27.6 Å². The summed E-state index contributed by atoms with van der Waals surface area (Å²) < 4.78 is 0.904. The smallest absolute Gasteiger partial charge is 0.225 e. The second kappa shape index (κ2) is 5.40. The first kappa shape index (κ1) is 13.4. The molecule has 1 aliphatic rings. The van der Waals surface area contributed by atoms with E-state index in [1.165, 1.54) is 11.3 Å². The highest BCUT2D eigenvalue weighted by atomic mass is 79.9. The van der Waals surface area contributed by atoms with Crippen molar-refractivity contribution in [3.8, 4) is 0 Å². The van der Waals surface area contributed by atoms with Crippen LogP contribution in [0.4, 0.5) is 11.6 Å². The fourth-order valence-corrected chi connectivity index (χ4v) is 2.88. The van der Waals surface area contributed by atoms with Gasteiger partial charge in [0.15, 0.2) is 0 Å². The Labute approximate surface area is 127 Å². The molecule has 0 fully saturated rings. The van der Waals surface area contributed by atoms with Crippen LogP contribution in [0.15, 0.2) is 41.1 Å². The SMILES string of the molecule is CC1CN(C)c2ccccc2CN1c1ncc(Br)cn1. The lowest BCUT2D eigenvalue weighted by molar-refractivity contribution is 0.627. The van der Waals surface area contributed by atoms with Gasteiger partial charge >= 0.3 is 0 Å². The van der Waals surface area contributed by atoms with Gasteiger partial charge in [-0.1, -0.05) is 18.2 Å². The number of benzene rings is 1. The van der Waals surface area contributed by atoms with E-state index in [1.807, 2.05) is 0 Å². The predicted octanol–water partition coefficient (Wildman–Crippen LogP) is 3.08. The van der Waals surface area contributed by atoms with E-state index in [-0.39, 0.29) is 0 Å². The molecule has 0 saturated heterocycles. The number of aromatic nitrogens is 2. The van der Waals surface area contributed by atoms with Crippen molar-refractivity contribution in [2.75, 3.05) is 23.4 Å². The lowest BCUT2D eigenvalue weighted by Gasteiger charge is -2.28. The maximum Gasteiger partial charge on any atom is 0.225 e. The Morgan fingerprint density at radius 1 is 1.20 bits per heavy atom. The maximum atomic E-state index is 4.44. The van der Waals surface area contributed by atoms with Gasteiger partial charge in [0.1, 0.15) is 0 Å². The fraction of sp³-hybridized carbons (Fsp3) is 0.333. The van der Waals surface area contributed by atoms with E-state index in [0.29, 0.717) is 6.04 Å². The molecule has 0 bridgehead atoms. The molecular formula is C15H17BrN4. The van der Waals surface area contributed by atoms with Crippen molar-refractivity contribution in [1.82, 2.24) is 9.97 Å². The zero-order valence-corrected chi connectivity index (χ0v) is 13.2. The minimum Gasteiger partial charge on any atom is -0.372 e. The quantitative estimate of drug-likeness (QED) is 0.803. The summed E-state index contributed by atoms with van der Waals surface area (Å²) >= 11 is 3.38. The largest absolute Gasteiger partial charge is 0.372 e. The monoisotopic (exact) mass is 332 g/mol. The molecule has 1 aromatic heterocycles. The molecule has 0 amide bonds. The zero-order valence-electron chi connectivity index (χ0n) is 11.6. The summed E-state index contributed by atoms with van der Waals surface area (Å²) in [6.07, 6.45) is 3.60. The molecule has 20 heavy (non-hydrogen) atoms. The normalized spacial score (nSPS) is 18.6. The number of likely N-dealkylation sites (N-methyl/N-ethyl adjacent to an activating group) is 1. The highest BCUT2D eigenvalue weighted by Crippen LogP contribution is 2.28. The lowest BCUT2D eigenvalue weighted by atomic mass is 10.1. The lowest BCUT2D eigenvalue weighted by Crippen LogP contribution is -2.39. The third-order valence-electron chi connectivity index (χ3n) is 3.68. The Morgan fingerprint density at radius 2 is 1.90 bits per heavy atom. The summed E-state index contributed by atoms with van der Waals surface area (Å²) in [5, 5.41) is 0. The second-order valence-electron chi connectivity index (χ2n) is 5.19. The highest BCUT2D eigenvalue weighted by Gasteiger charge is 2.24. The van der Waals surface area contributed by atoms with Gasteiger partial charge in [0.05, 0.1) is 4.47 Å². The first-order valence-electron chi connectivity index (χ1n) is 6.68. The molecule has 4 nitrogen and oxygen atoms in total. The van der Waals surface area contributed by atoms with Gasteiger partial charge in [0, 0.05) is 44.3 Å². The van der Waals surface area contributed by atoms with Crippen LogP contribution in [0.5, 0.6) is 0 Å². The number of fused-ring (bicyclic) bond motifs is 1. The summed E-state index contributed by atoms with van der Waals surface area (Å²) in [5.41, 5.74) is 2.60. The number of halogens is 1. The van der Waals surface area contributed by atoms with Gasteiger partial charge in [0.2, 0.25) is 5.95 Å². The number of hydrogen-bond acceptors (Lipinski definition) is 4. The van der Waals surface area contributed by atoms with E-state index in [4.69, 9.17) is 0 Å². The van der Waals surface area contributed by atoms with Crippen LogP contribution in [0.1, 0.15) is 12.5 Å². The number of rotatable bonds is 1. The first-order chi connectivity index (χ1) is 9.65. The number of anilines is 2. The van der Waals surface area contributed by atoms with Gasteiger partial charge < -0.3 is 9.80 Å². The van der Waals surface area contributed by atoms with Crippen molar-refractivity contribution < 1.29 is 0 Å². The van der Waals surface area contributed by atoms with Gasteiger partial charge in [0.25, 0.3) is 0 Å². The molecule has 1 aromatic carbocycles. The van der Waals surface area contributed by atoms with E-state index in [1.54, 1.807) is 12.4 Å². The topological polar surface area (TPSA) is 32.3 Å². The molecule has 0 saturated carbocycles. The van der Waals surface area contributed by atoms with Crippen LogP contribution in [0.25, 0.3) is 0 Å². The summed E-state index contributed by atoms with van der Waals surface area (Å²) in [6, 6.07) is 8.88. The van der Waals surface area contributed by atoms with Crippen LogP contribution in [0.2, 0.25) is 0 Å². The van der Waals surface area contributed by atoms with Crippen molar-refractivity contribution in [3.05, 3.63) is 46.7 Å². The molecular weight excluding hydrogens is 316 g/mol. The van der Waals surface area contributed by atoms with Crippen LogP contribution < -0.4 is 9.80 Å². The molecule has 1 aliphatic heterocycles. The molecule has 3 rings (SSSR count). The highest BCUT2D eigenvalue weighted by molar-refractivity contribution is 9.10. The van der Waals surface area contributed by atoms with Crippen LogP contribution in [0, 0.1) is 0 Å². The molecule has 0 aliphatic carbocycles. The van der Waals surface area contributed by atoms with Gasteiger partial charge in [-0.25, -0.2) is 9.97 Å². The standard InChI is InChI=1S/C15H17BrN4/c1-11-9-19(2)14-6-4-3-5-12(14)10-20(11)15-17-7-13(16)8-18-15/h3-8,11H,9-10H2,1-2H3. The average Bonchev–Trinajstić information content (AvgIpc) is 2.57. The fourth-order valence-electron chi connectivity index (χ4n) is 2.67. The van der Waals surface area contributed by atoms with E-state index in [9.17, 15) is 0 Å². The van der Waals surface area contributed by atoms with Crippen molar-refractivity contribution in [1.29, 1.82) is 0 Å². The third-order valence-corrected chi connectivity index (χ3v) is 4.09. The Bertz CT molecular complexity index is 599. The van der Waals surface area contributed by atoms with Crippen molar-refractivity contribution in [3.63, 3.8) is 0 Å². The average molecular weight is 333 g/mol. The molecule has 2 aromatic rings. The summed E-state index contributed by atoms with van der Waals surface area (Å²) in [6.45, 7) is 4.01. The summed E-state index contributed by atoms with van der Waals surface area (Å²) in [4.78, 5) is 13.4. The van der Waals surface area contributed by atoms with E-state index < -0.39 is 0 Å². The first-order valence-corrected chi connectivity index (χ1v) is 7.47. The van der Waals surface area contributed by atoms with E-state index in [2.05, 4.69) is 73.9 Å². The number of para-hydroxylation sites is 1. The van der Waals surface area contributed by atoms with Crippen LogP contribution >= 0.6 is 15.9 Å². The second-order valence-corrected chi connectivity index (χ2v) is 6.10. The molecule has 104 valence electrons. The maximum absolute atomic E-state index is 4.44. The minimum absolute atomic E-state index is 0.355. The number of nitrogens with zero attached hydrogens (tertiary/aromatic N) is 4. The Balaban J connectivity index is 1.98. The summed E-state index contributed by atoms with van der Waals surface area (Å²) in [7, 11) is 2.14. The van der Waals surface area contributed by atoms with Crippen molar-refractivity contribution in [2.24, 2.45) is 0 Å². The minimum atomic E-state index is 0.355. The van der Waals surface area contributed by atoms with E-state index in [0.717, 1.165) is 23.5 Å². The molecule has 0 N–H and O–H groups in total. The zero-order chi connectivity index (χ0) is 14.1. The Kier molecular flexibility index (Phi) is 3.61. The predicted molar refractivity (Wildman–Crippen MR) is 85.1 cm³/mol. The van der Waals surface area contributed by atoms with Gasteiger partial charge in [-0.3, -0.25) is 0 Å².